The van der Waals surface area contributed by atoms with Gasteiger partial charge in [-0.3, -0.25) is 14.4 Å². The van der Waals surface area contributed by atoms with Crippen molar-refractivity contribution in [2.45, 2.75) is 220 Å². The molecule has 6 nitrogen and oxygen atoms in total. The molecule has 0 saturated carbocycles. The summed E-state index contributed by atoms with van der Waals surface area (Å²) in [6, 6.07) is 0. The molecular weight excluding hydrogens is 636 g/mol. The second-order valence-electron chi connectivity index (χ2n) is 14.9. The van der Waals surface area contributed by atoms with Gasteiger partial charge in [0.05, 0.1) is 5.41 Å². The van der Waals surface area contributed by atoms with Gasteiger partial charge in [-0.05, 0) is 70.6 Å². The van der Waals surface area contributed by atoms with E-state index in [1.165, 1.54) is 116 Å². The SMILES string of the molecule is CCCCCCCC/C=C/CCCCCCCC(=O)OCC(CC)(COC(=O)CC)COC(=O)CCCCCCC/C=C/CCCCCCCC. The van der Waals surface area contributed by atoms with Crippen LogP contribution in [0.3, 0.4) is 0 Å². The van der Waals surface area contributed by atoms with Crippen LogP contribution in [0.4, 0.5) is 0 Å². The molecule has 0 aromatic heterocycles. The minimum atomic E-state index is -0.735. The Morgan fingerprint density at radius 1 is 0.392 bits per heavy atom. The topological polar surface area (TPSA) is 78.9 Å². The van der Waals surface area contributed by atoms with Gasteiger partial charge in [0.15, 0.2) is 0 Å². The molecule has 51 heavy (non-hydrogen) atoms. The highest BCUT2D eigenvalue weighted by Gasteiger charge is 2.34. The molecule has 0 spiro atoms. The molecule has 0 aliphatic carbocycles. The first-order valence-electron chi connectivity index (χ1n) is 21.7. The molecule has 6 heteroatoms. The lowest BCUT2D eigenvalue weighted by Gasteiger charge is -2.31. The number of hydrogen-bond donors (Lipinski definition) is 0. The summed E-state index contributed by atoms with van der Waals surface area (Å²) >= 11 is 0. The number of carbonyl (C=O) groups is 3. The van der Waals surface area contributed by atoms with Gasteiger partial charge in [-0.15, -0.1) is 0 Å². The Hall–Kier alpha value is -2.11. The predicted octanol–water partition coefficient (Wildman–Crippen LogP) is 13.5. The van der Waals surface area contributed by atoms with Gasteiger partial charge in [0.2, 0.25) is 0 Å². The first-order valence-corrected chi connectivity index (χ1v) is 21.7. The van der Waals surface area contributed by atoms with Gasteiger partial charge in [-0.25, -0.2) is 0 Å². The molecular formula is C45H82O6. The van der Waals surface area contributed by atoms with E-state index in [0.29, 0.717) is 19.3 Å². The number of esters is 3. The van der Waals surface area contributed by atoms with Crippen LogP contribution in [-0.2, 0) is 28.6 Å². The van der Waals surface area contributed by atoms with Crippen molar-refractivity contribution in [2.24, 2.45) is 5.41 Å². The first-order chi connectivity index (χ1) is 24.9. The van der Waals surface area contributed by atoms with E-state index in [2.05, 4.69) is 38.2 Å². The lowest BCUT2D eigenvalue weighted by molar-refractivity contribution is -0.162. The van der Waals surface area contributed by atoms with E-state index in [0.717, 1.165) is 51.4 Å². The van der Waals surface area contributed by atoms with Crippen molar-refractivity contribution in [3.05, 3.63) is 24.3 Å². The third kappa shape index (κ3) is 33.5. The summed E-state index contributed by atoms with van der Waals surface area (Å²) in [5, 5.41) is 0. The molecule has 0 fully saturated rings. The van der Waals surface area contributed by atoms with E-state index >= 15 is 0 Å². The normalized spacial score (nSPS) is 11.8. The summed E-state index contributed by atoms with van der Waals surface area (Å²) in [6.45, 7) is 8.44. The van der Waals surface area contributed by atoms with Gasteiger partial charge < -0.3 is 14.2 Å². The van der Waals surface area contributed by atoms with Gasteiger partial charge in [-0.1, -0.05) is 155 Å². The average molecular weight is 719 g/mol. The monoisotopic (exact) mass is 719 g/mol. The summed E-state index contributed by atoms with van der Waals surface area (Å²) < 4.78 is 16.8. The van der Waals surface area contributed by atoms with E-state index in [1.54, 1.807) is 6.92 Å². The summed E-state index contributed by atoms with van der Waals surface area (Å²) in [7, 11) is 0. The maximum Gasteiger partial charge on any atom is 0.305 e. The molecule has 0 unspecified atom stereocenters. The largest absolute Gasteiger partial charge is 0.465 e. The van der Waals surface area contributed by atoms with E-state index in [1.807, 2.05) is 6.92 Å². The summed E-state index contributed by atoms with van der Waals surface area (Å²) in [4.78, 5) is 37.1. The minimum absolute atomic E-state index is 0.0670. The highest BCUT2D eigenvalue weighted by molar-refractivity contribution is 5.70. The summed E-state index contributed by atoms with van der Waals surface area (Å²) in [5.74, 6) is -0.800. The molecule has 0 atom stereocenters. The molecule has 0 amide bonds. The fourth-order valence-electron chi connectivity index (χ4n) is 6.06. The highest BCUT2D eigenvalue weighted by atomic mass is 16.6. The molecule has 0 heterocycles. The fourth-order valence-corrected chi connectivity index (χ4v) is 6.06. The van der Waals surface area contributed by atoms with Gasteiger partial charge in [0, 0.05) is 19.3 Å². The second-order valence-corrected chi connectivity index (χ2v) is 14.9. The van der Waals surface area contributed by atoms with Crippen LogP contribution in [-0.4, -0.2) is 37.7 Å². The maximum absolute atomic E-state index is 12.6. The number of allylic oxidation sites excluding steroid dienone is 4. The predicted molar refractivity (Wildman–Crippen MR) is 215 cm³/mol. The summed E-state index contributed by atoms with van der Waals surface area (Å²) in [6.07, 6.45) is 42.4. The van der Waals surface area contributed by atoms with E-state index in [4.69, 9.17) is 14.2 Å². The van der Waals surface area contributed by atoms with Gasteiger partial charge >= 0.3 is 17.9 Å². The smallest absolute Gasteiger partial charge is 0.305 e. The zero-order valence-corrected chi connectivity index (χ0v) is 34.1. The Balaban J connectivity index is 4.19. The minimum Gasteiger partial charge on any atom is -0.465 e. The molecule has 0 aliphatic rings. The number of ether oxygens (including phenoxy) is 3. The van der Waals surface area contributed by atoms with Crippen LogP contribution >= 0.6 is 0 Å². The van der Waals surface area contributed by atoms with E-state index in [9.17, 15) is 14.4 Å². The number of unbranched alkanes of at least 4 members (excludes halogenated alkanes) is 22. The Morgan fingerprint density at radius 3 is 1.00 bits per heavy atom. The Kier molecular flexibility index (Phi) is 36.1. The van der Waals surface area contributed by atoms with Crippen LogP contribution in [0.1, 0.15) is 220 Å². The third-order valence-electron chi connectivity index (χ3n) is 9.94. The van der Waals surface area contributed by atoms with Gasteiger partial charge in [-0.2, -0.15) is 0 Å². The van der Waals surface area contributed by atoms with Crippen LogP contribution in [0.2, 0.25) is 0 Å². The van der Waals surface area contributed by atoms with Crippen molar-refractivity contribution >= 4 is 17.9 Å². The van der Waals surface area contributed by atoms with Crippen LogP contribution in [0, 0.1) is 5.41 Å². The van der Waals surface area contributed by atoms with Crippen molar-refractivity contribution in [1.29, 1.82) is 0 Å². The molecule has 0 rings (SSSR count). The summed E-state index contributed by atoms with van der Waals surface area (Å²) in [5.41, 5.74) is -0.735. The molecule has 0 bridgehead atoms. The Bertz CT molecular complexity index is 807. The number of hydrogen-bond acceptors (Lipinski definition) is 6. The van der Waals surface area contributed by atoms with Gasteiger partial charge in [0.25, 0.3) is 0 Å². The van der Waals surface area contributed by atoms with Crippen LogP contribution in [0.5, 0.6) is 0 Å². The molecule has 0 aromatic rings. The first kappa shape index (κ1) is 48.9. The number of carbonyl (C=O) groups excluding carboxylic acids is 3. The quantitative estimate of drug-likeness (QED) is 0.0274. The van der Waals surface area contributed by atoms with Crippen molar-refractivity contribution in [2.75, 3.05) is 19.8 Å². The van der Waals surface area contributed by atoms with Crippen molar-refractivity contribution in [3.8, 4) is 0 Å². The molecule has 0 aromatic carbocycles. The van der Waals surface area contributed by atoms with Crippen molar-refractivity contribution in [1.82, 2.24) is 0 Å². The van der Waals surface area contributed by atoms with Crippen LogP contribution in [0.15, 0.2) is 24.3 Å². The Morgan fingerprint density at radius 2 is 0.686 bits per heavy atom. The molecule has 298 valence electrons. The van der Waals surface area contributed by atoms with Gasteiger partial charge in [0.1, 0.15) is 19.8 Å². The third-order valence-corrected chi connectivity index (χ3v) is 9.94. The lowest BCUT2D eigenvalue weighted by Crippen LogP contribution is -2.39. The van der Waals surface area contributed by atoms with E-state index in [-0.39, 0.29) is 44.1 Å². The van der Waals surface area contributed by atoms with Crippen LogP contribution in [0.25, 0.3) is 0 Å². The fraction of sp³-hybridized carbons (Fsp3) is 0.844. The molecule has 0 saturated heterocycles. The highest BCUT2D eigenvalue weighted by Crippen LogP contribution is 2.25. The Labute approximate surface area is 315 Å². The lowest BCUT2D eigenvalue weighted by atomic mass is 9.88. The zero-order chi connectivity index (χ0) is 37.5. The second kappa shape index (κ2) is 37.6. The molecule has 0 aliphatic heterocycles. The van der Waals surface area contributed by atoms with Crippen molar-refractivity contribution < 1.29 is 28.6 Å². The van der Waals surface area contributed by atoms with E-state index < -0.39 is 5.41 Å². The average Bonchev–Trinajstić information content (AvgIpc) is 3.14. The number of rotatable bonds is 38. The maximum atomic E-state index is 12.6. The zero-order valence-electron chi connectivity index (χ0n) is 34.1. The molecule has 0 N–H and O–H groups in total. The van der Waals surface area contributed by atoms with Crippen molar-refractivity contribution in [3.63, 3.8) is 0 Å². The molecule has 0 radical (unpaired) electrons. The van der Waals surface area contributed by atoms with Crippen LogP contribution < -0.4 is 0 Å². The standard InChI is InChI=1S/C45H82O6/c1-5-9-11-13-15-17-19-21-23-25-27-29-31-33-35-37-43(47)50-40-45(8-4,39-49-42(46)7-3)41-51-44(48)38-36-34-32-30-28-26-24-22-20-18-16-14-12-10-6-2/h21-24H,5-20,25-41H2,1-4H3/b23-21+,24-22+.